The molecule has 0 fully saturated rings. The minimum atomic E-state index is -0.411. The van der Waals surface area contributed by atoms with Gasteiger partial charge in [0.2, 0.25) is 0 Å². The Hall–Kier alpha value is -2.44. The zero-order chi connectivity index (χ0) is 18.0. The minimum Gasteiger partial charge on any atom is -0.351 e. The summed E-state index contributed by atoms with van der Waals surface area (Å²) in [4.78, 5) is 12.8. The number of thiocarbonyl (C=S) groups is 1. The Bertz CT molecular complexity index is 850. The molecule has 0 spiro atoms. The number of carbonyl (C=O) groups is 1. The third kappa shape index (κ3) is 3.97. The monoisotopic (exact) mass is 375 g/mol. The van der Waals surface area contributed by atoms with Crippen LogP contribution in [-0.4, -0.2) is 11.0 Å². The molecule has 7 heteroatoms. The van der Waals surface area contributed by atoms with Crippen molar-refractivity contribution in [3.8, 4) is 0 Å². The van der Waals surface area contributed by atoms with Gasteiger partial charge in [-0.3, -0.25) is 4.79 Å². The van der Waals surface area contributed by atoms with Gasteiger partial charge in [-0.15, -0.1) is 0 Å². The van der Waals surface area contributed by atoms with E-state index in [0.29, 0.717) is 27.1 Å². The molecule has 2 aromatic rings. The van der Waals surface area contributed by atoms with E-state index in [2.05, 4.69) is 16.0 Å². The Morgan fingerprint density at radius 2 is 1.80 bits per heavy atom. The van der Waals surface area contributed by atoms with Crippen LogP contribution in [0.4, 0.5) is 10.1 Å². The molecule has 0 unspecified atom stereocenters. The third-order valence-electron chi connectivity index (χ3n) is 3.82. The van der Waals surface area contributed by atoms with E-state index in [-0.39, 0.29) is 11.7 Å². The Morgan fingerprint density at radius 1 is 1.16 bits per heavy atom. The molecule has 1 aliphatic rings. The third-order valence-corrected chi connectivity index (χ3v) is 4.29. The van der Waals surface area contributed by atoms with Crippen molar-refractivity contribution in [1.29, 1.82) is 0 Å². The minimum absolute atomic E-state index is 0.299. The zero-order valence-corrected chi connectivity index (χ0v) is 14.8. The molecule has 3 N–H and O–H groups in total. The van der Waals surface area contributed by atoms with Crippen molar-refractivity contribution >= 4 is 40.5 Å². The highest BCUT2D eigenvalue weighted by atomic mass is 35.5. The molecule has 1 aliphatic heterocycles. The van der Waals surface area contributed by atoms with Crippen LogP contribution < -0.4 is 16.0 Å². The molecule has 1 heterocycles. The average Bonchev–Trinajstić information content (AvgIpc) is 2.57. The summed E-state index contributed by atoms with van der Waals surface area (Å²) < 4.78 is 13.0. The van der Waals surface area contributed by atoms with E-state index in [1.165, 1.54) is 24.3 Å². The van der Waals surface area contributed by atoms with Crippen molar-refractivity contribution in [2.24, 2.45) is 0 Å². The van der Waals surface area contributed by atoms with E-state index in [9.17, 15) is 9.18 Å². The summed E-state index contributed by atoms with van der Waals surface area (Å²) in [7, 11) is 0. The molecule has 128 valence electrons. The van der Waals surface area contributed by atoms with Crippen LogP contribution in [0.3, 0.4) is 0 Å². The Labute approximate surface area is 155 Å². The lowest BCUT2D eigenvalue weighted by molar-refractivity contribution is -0.113. The molecule has 4 nitrogen and oxygen atoms in total. The number of allylic oxidation sites excluding steroid dienone is 1. The predicted octanol–water partition coefficient (Wildman–Crippen LogP) is 3.91. The molecule has 0 saturated carbocycles. The van der Waals surface area contributed by atoms with Gasteiger partial charge < -0.3 is 16.0 Å². The summed E-state index contributed by atoms with van der Waals surface area (Å²) in [6.45, 7) is 1.79. The summed E-state index contributed by atoms with van der Waals surface area (Å²) in [5.74, 6) is -0.662. The van der Waals surface area contributed by atoms with E-state index in [0.717, 1.165) is 5.56 Å². The zero-order valence-electron chi connectivity index (χ0n) is 13.3. The van der Waals surface area contributed by atoms with Gasteiger partial charge in [-0.2, -0.15) is 0 Å². The molecule has 0 radical (unpaired) electrons. The first-order chi connectivity index (χ1) is 11.9. The Kier molecular flexibility index (Phi) is 5.01. The van der Waals surface area contributed by atoms with Crippen LogP contribution in [-0.2, 0) is 4.79 Å². The number of carbonyl (C=O) groups excluding carboxylic acids is 1. The Morgan fingerprint density at radius 3 is 2.44 bits per heavy atom. The lowest BCUT2D eigenvalue weighted by Crippen LogP contribution is -2.45. The van der Waals surface area contributed by atoms with Gasteiger partial charge in [0, 0.05) is 16.4 Å². The molecule has 2 aromatic carbocycles. The molecular weight excluding hydrogens is 361 g/mol. The molecule has 1 amide bonds. The lowest BCUT2D eigenvalue weighted by atomic mass is 9.95. The summed E-state index contributed by atoms with van der Waals surface area (Å²) >= 11 is 11.2. The van der Waals surface area contributed by atoms with Crippen molar-refractivity contribution in [2.75, 3.05) is 5.32 Å². The maximum atomic E-state index is 13.0. The molecular formula is C18H15ClFN3OS. The van der Waals surface area contributed by atoms with Crippen LogP contribution in [0.25, 0.3) is 0 Å². The molecule has 3 rings (SSSR count). The topological polar surface area (TPSA) is 53.2 Å². The van der Waals surface area contributed by atoms with Crippen molar-refractivity contribution in [3.63, 3.8) is 0 Å². The largest absolute Gasteiger partial charge is 0.351 e. The smallest absolute Gasteiger partial charge is 0.255 e. The molecule has 0 saturated heterocycles. The van der Waals surface area contributed by atoms with Gasteiger partial charge in [-0.1, -0.05) is 23.7 Å². The molecule has 25 heavy (non-hydrogen) atoms. The van der Waals surface area contributed by atoms with Crippen LogP contribution in [0.15, 0.2) is 59.8 Å². The fourth-order valence-corrected chi connectivity index (χ4v) is 3.03. The van der Waals surface area contributed by atoms with E-state index in [1.807, 2.05) is 12.1 Å². The first-order valence-electron chi connectivity index (χ1n) is 7.54. The van der Waals surface area contributed by atoms with E-state index >= 15 is 0 Å². The second-order valence-electron chi connectivity index (χ2n) is 5.58. The molecule has 0 aromatic heterocycles. The first kappa shape index (κ1) is 17.4. The Balaban J connectivity index is 1.92. The van der Waals surface area contributed by atoms with Crippen LogP contribution in [0.5, 0.6) is 0 Å². The molecule has 1 atom stereocenters. The van der Waals surface area contributed by atoms with E-state index < -0.39 is 6.04 Å². The van der Waals surface area contributed by atoms with Gasteiger partial charge in [0.1, 0.15) is 5.82 Å². The second kappa shape index (κ2) is 7.21. The number of rotatable bonds is 3. The summed E-state index contributed by atoms with van der Waals surface area (Å²) in [6.07, 6.45) is 0. The van der Waals surface area contributed by atoms with Gasteiger partial charge in [0.05, 0.1) is 11.6 Å². The summed E-state index contributed by atoms with van der Waals surface area (Å²) in [5, 5.41) is 9.91. The van der Waals surface area contributed by atoms with Crippen molar-refractivity contribution < 1.29 is 9.18 Å². The average molecular weight is 376 g/mol. The molecule has 0 aliphatic carbocycles. The summed E-state index contributed by atoms with van der Waals surface area (Å²) in [5.41, 5.74) is 2.52. The highest BCUT2D eigenvalue weighted by Gasteiger charge is 2.29. The normalized spacial score (nSPS) is 16.9. The maximum Gasteiger partial charge on any atom is 0.255 e. The van der Waals surface area contributed by atoms with E-state index in [1.54, 1.807) is 19.1 Å². The number of benzene rings is 2. The molecule has 0 bridgehead atoms. The van der Waals surface area contributed by atoms with Crippen molar-refractivity contribution in [2.45, 2.75) is 13.0 Å². The van der Waals surface area contributed by atoms with Gasteiger partial charge in [0.25, 0.3) is 5.91 Å². The van der Waals surface area contributed by atoms with Crippen LogP contribution in [0.1, 0.15) is 18.5 Å². The van der Waals surface area contributed by atoms with Crippen LogP contribution in [0, 0.1) is 5.82 Å². The van der Waals surface area contributed by atoms with Gasteiger partial charge in [-0.05, 0) is 61.1 Å². The van der Waals surface area contributed by atoms with Crippen LogP contribution >= 0.6 is 23.8 Å². The fourth-order valence-electron chi connectivity index (χ4n) is 2.63. The fraction of sp³-hybridized carbons (Fsp3) is 0.111. The number of nitrogens with one attached hydrogen (secondary N) is 3. The van der Waals surface area contributed by atoms with Crippen molar-refractivity contribution in [3.05, 3.63) is 76.2 Å². The highest BCUT2D eigenvalue weighted by Crippen LogP contribution is 2.28. The predicted molar refractivity (Wildman–Crippen MR) is 101 cm³/mol. The van der Waals surface area contributed by atoms with Gasteiger partial charge in [-0.25, -0.2) is 4.39 Å². The second-order valence-corrected chi connectivity index (χ2v) is 6.43. The van der Waals surface area contributed by atoms with Gasteiger partial charge >= 0.3 is 0 Å². The van der Waals surface area contributed by atoms with Gasteiger partial charge in [0.15, 0.2) is 5.11 Å². The number of hydrogen-bond donors (Lipinski definition) is 3. The number of hydrogen-bond acceptors (Lipinski definition) is 2. The lowest BCUT2D eigenvalue weighted by Gasteiger charge is -2.30. The first-order valence-corrected chi connectivity index (χ1v) is 8.33. The maximum absolute atomic E-state index is 13.0. The SMILES string of the molecule is CC1=C(C(=O)Nc2ccc(F)cc2)[C@@H](c2ccc(Cl)cc2)NC(=S)N1. The van der Waals surface area contributed by atoms with E-state index in [4.69, 9.17) is 23.8 Å². The van der Waals surface area contributed by atoms with Crippen LogP contribution in [0.2, 0.25) is 5.02 Å². The number of anilines is 1. The quantitative estimate of drug-likeness (QED) is 0.712. The summed E-state index contributed by atoms with van der Waals surface area (Å²) in [6, 6.07) is 12.4. The number of amides is 1. The number of halogens is 2. The van der Waals surface area contributed by atoms with Crippen molar-refractivity contribution in [1.82, 2.24) is 10.6 Å². The highest BCUT2D eigenvalue weighted by molar-refractivity contribution is 7.80. The standard InChI is InChI=1S/C18H15ClFN3OS/c1-10-15(17(24)22-14-8-6-13(20)7-9-14)16(23-18(25)21-10)11-2-4-12(19)5-3-11/h2-9,16H,1H3,(H,22,24)(H2,21,23,25)/t16-/m1/s1.